The first-order valence-electron chi connectivity index (χ1n) is 10.1. The third-order valence-corrected chi connectivity index (χ3v) is 5.16. The molecule has 1 aliphatic carbocycles. The zero-order valence-corrected chi connectivity index (χ0v) is 19.2. The minimum absolute atomic E-state index is 0. The lowest BCUT2D eigenvalue weighted by molar-refractivity contribution is -0.130. The molecule has 1 saturated heterocycles. The SMILES string of the molecule is CCNC(=NCc1ccnc(OC2CCCC2)c1)N1CCN(C(C)=O)CC1.I. The number of carbonyl (C=O) groups excluding carboxylic acids is 1. The number of aromatic nitrogens is 1. The van der Waals surface area contributed by atoms with E-state index >= 15 is 0 Å². The van der Waals surface area contributed by atoms with Crippen LogP contribution in [0.5, 0.6) is 5.88 Å². The molecule has 8 heteroatoms. The summed E-state index contributed by atoms with van der Waals surface area (Å²) in [5.41, 5.74) is 1.09. The lowest BCUT2D eigenvalue weighted by atomic mass is 10.2. The fourth-order valence-electron chi connectivity index (χ4n) is 3.62. The van der Waals surface area contributed by atoms with Gasteiger partial charge in [-0.3, -0.25) is 4.79 Å². The highest BCUT2D eigenvalue weighted by Gasteiger charge is 2.21. The maximum atomic E-state index is 11.5. The van der Waals surface area contributed by atoms with Gasteiger partial charge in [0.2, 0.25) is 11.8 Å². The van der Waals surface area contributed by atoms with E-state index in [1.165, 1.54) is 12.8 Å². The second kappa shape index (κ2) is 11.4. The number of nitrogens with one attached hydrogen (secondary N) is 1. The number of nitrogens with zero attached hydrogens (tertiary/aromatic N) is 4. The van der Waals surface area contributed by atoms with E-state index in [-0.39, 0.29) is 29.9 Å². The van der Waals surface area contributed by atoms with Crippen LogP contribution in [0, 0.1) is 0 Å². The molecule has 0 spiro atoms. The normalized spacial score (nSPS) is 18.0. The van der Waals surface area contributed by atoms with E-state index in [0.29, 0.717) is 18.5 Å². The van der Waals surface area contributed by atoms with Crippen LogP contribution in [-0.2, 0) is 11.3 Å². The number of hydrogen-bond acceptors (Lipinski definition) is 4. The number of carbonyl (C=O) groups is 1. The molecule has 2 fully saturated rings. The summed E-state index contributed by atoms with van der Waals surface area (Å²) in [4.78, 5) is 24.8. The van der Waals surface area contributed by atoms with Crippen molar-refractivity contribution >= 4 is 35.8 Å². The maximum Gasteiger partial charge on any atom is 0.219 e. The number of pyridine rings is 1. The summed E-state index contributed by atoms with van der Waals surface area (Å²) in [6.45, 7) is 8.19. The van der Waals surface area contributed by atoms with E-state index in [0.717, 1.165) is 57.1 Å². The summed E-state index contributed by atoms with van der Waals surface area (Å²) in [5.74, 6) is 1.74. The first-order chi connectivity index (χ1) is 13.2. The molecule has 0 atom stereocenters. The number of hydrogen-bond donors (Lipinski definition) is 1. The standard InChI is InChI=1S/C20H31N5O2.HI/c1-3-21-20(25-12-10-24(11-13-25)16(2)26)23-15-17-8-9-22-19(14-17)27-18-6-4-5-7-18;/h8-9,14,18H,3-7,10-13,15H2,1-2H3,(H,21,23);1H. The molecule has 0 unspecified atom stereocenters. The molecule has 3 rings (SSSR count). The Hall–Kier alpha value is -1.58. The molecule has 7 nitrogen and oxygen atoms in total. The highest BCUT2D eigenvalue weighted by atomic mass is 127. The Kier molecular flexibility index (Phi) is 9.27. The van der Waals surface area contributed by atoms with Gasteiger partial charge in [0.15, 0.2) is 5.96 Å². The summed E-state index contributed by atoms with van der Waals surface area (Å²) >= 11 is 0. The van der Waals surface area contributed by atoms with Crippen LogP contribution in [0.15, 0.2) is 23.3 Å². The fraction of sp³-hybridized carbons (Fsp3) is 0.650. The number of guanidine groups is 1. The lowest BCUT2D eigenvalue weighted by Crippen LogP contribution is -2.53. The van der Waals surface area contributed by atoms with Crippen LogP contribution < -0.4 is 10.1 Å². The Bertz CT molecular complexity index is 656. The number of piperazine rings is 1. The first kappa shape index (κ1) is 22.7. The van der Waals surface area contributed by atoms with E-state index in [2.05, 4.69) is 22.1 Å². The molecule has 156 valence electrons. The fourth-order valence-corrected chi connectivity index (χ4v) is 3.62. The third kappa shape index (κ3) is 6.49. The van der Waals surface area contributed by atoms with Crippen molar-refractivity contribution in [2.24, 2.45) is 4.99 Å². The zero-order chi connectivity index (χ0) is 19.1. The van der Waals surface area contributed by atoms with Gasteiger partial charge in [0.05, 0.1) is 6.54 Å². The monoisotopic (exact) mass is 501 g/mol. The van der Waals surface area contributed by atoms with Crippen molar-refractivity contribution < 1.29 is 9.53 Å². The van der Waals surface area contributed by atoms with Crippen molar-refractivity contribution in [3.63, 3.8) is 0 Å². The predicted molar refractivity (Wildman–Crippen MR) is 121 cm³/mol. The second-order valence-electron chi connectivity index (χ2n) is 7.19. The predicted octanol–water partition coefficient (Wildman–Crippen LogP) is 2.65. The molecule has 2 heterocycles. The second-order valence-corrected chi connectivity index (χ2v) is 7.19. The minimum atomic E-state index is 0. The molecule has 1 aromatic rings. The van der Waals surface area contributed by atoms with E-state index in [1.807, 2.05) is 17.0 Å². The Balaban J connectivity index is 0.00000280. The Labute approximate surface area is 184 Å². The van der Waals surface area contributed by atoms with Gasteiger partial charge in [-0.05, 0) is 44.2 Å². The van der Waals surface area contributed by atoms with E-state index in [1.54, 1.807) is 13.1 Å². The number of halogens is 1. The Morgan fingerprint density at radius 1 is 1.25 bits per heavy atom. The van der Waals surface area contributed by atoms with Crippen LogP contribution >= 0.6 is 24.0 Å². The zero-order valence-electron chi connectivity index (χ0n) is 16.9. The van der Waals surface area contributed by atoms with Crippen molar-refractivity contribution in [3.8, 4) is 5.88 Å². The molecule has 28 heavy (non-hydrogen) atoms. The van der Waals surface area contributed by atoms with Crippen LogP contribution in [0.25, 0.3) is 0 Å². The van der Waals surface area contributed by atoms with E-state index in [4.69, 9.17) is 9.73 Å². The Morgan fingerprint density at radius 3 is 2.57 bits per heavy atom. The van der Waals surface area contributed by atoms with Crippen LogP contribution in [0.1, 0.15) is 45.1 Å². The molecule has 1 aromatic heterocycles. The first-order valence-corrected chi connectivity index (χ1v) is 10.1. The molecular weight excluding hydrogens is 469 g/mol. The summed E-state index contributed by atoms with van der Waals surface area (Å²) in [6, 6.07) is 3.99. The summed E-state index contributed by atoms with van der Waals surface area (Å²) in [7, 11) is 0. The topological polar surface area (TPSA) is 70.1 Å². The van der Waals surface area contributed by atoms with Crippen molar-refractivity contribution in [2.45, 2.75) is 52.2 Å². The highest BCUT2D eigenvalue weighted by Crippen LogP contribution is 2.23. The molecule has 0 radical (unpaired) electrons. The lowest BCUT2D eigenvalue weighted by Gasteiger charge is -2.36. The summed E-state index contributed by atoms with van der Waals surface area (Å²) in [6.07, 6.45) is 6.86. The van der Waals surface area contributed by atoms with E-state index < -0.39 is 0 Å². The number of aliphatic imine (C=N–C) groups is 1. The smallest absolute Gasteiger partial charge is 0.219 e. The third-order valence-electron chi connectivity index (χ3n) is 5.16. The largest absolute Gasteiger partial charge is 0.474 e. The molecule has 0 aromatic carbocycles. The molecule has 2 aliphatic rings. The highest BCUT2D eigenvalue weighted by molar-refractivity contribution is 14.0. The van der Waals surface area contributed by atoms with Crippen LogP contribution in [0.4, 0.5) is 0 Å². The van der Waals surface area contributed by atoms with Gasteiger partial charge < -0.3 is 19.9 Å². The molecular formula is C20H32IN5O2. The van der Waals surface area contributed by atoms with E-state index in [9.17, 15) is 4.79 Å². The van der Waals surface area contributed by atoms with Gasteiger partial charge >= 0.3 is 0 Å². The van der Waals surface area contributed by atoms with Gasteiger partial charge in [0.1, 0.15) is 6.10 Å². The molecule has 1 N–H and O–H groups in total. The van der Waals surface area contributed by atoms with Crippen LogP contribution in [0.3, 0.4) is 0 Å². The minimum Gasteiger partial charge on any atom is -0.474 e. The van der Waals surface area contributed by atoms with Crippen molar-refractivity contribution in [1.29, 1.82) is 0 Å². The Morgan fingerprint density at radius 2 is 1.93 bits per heavy atom. The molecule has 0 bridgehead atoms. The average molecular weight is 501 g/mol. The number of rotatable bonds is 5. The van der Waals surface area contributed by atoms with Crippen molar-refractivity contribution in [3.05, 3.63) is 23.9 Å². The molecule has 1 saturated carbocycles. The van der Waals surface area contributed by atoms with Gasteiger partial charge in [0, 0.05) is 51.9 Å². The number of amides is 1. The number of ether oxygens (including phenoxy) is 1. The van der Waals surface area contributed by atoms with Gasteiger partial charge in [0.25, 0.3) is 0 Å². The van der Waals surface area contributed by atoms with Crippen molar-refractivity contribution in [2.75, 3.05) is 32.7 Å². The molecule has 1 aliphatic heterocycles. The van der Waals surface area contributed by atoms with Gasteiger partial charge in [-0.1, -0.05) is 0 Å². The summed E-state index contributed by atoms with van der Waals surface area (Å²) < 4.78 is 6.00. The average Bonchev–Trinajstić information content (AvgIpc) is 3.18. The molecule has 1 amide bonds. The van der Waals surface area contributed by atoms with Gasteiger partial charge in [-0.25, -0.2) is 9.98 Å². The summed E-state index contributed by atoms with van der Waals surface area (Å²) in [5, 5.41) is 3.37. The quantitative estimate of drug-likeness (QED) is 0.382. The van der Waals surface area contributed by atoms with Crippen LogP contribution in [-0.4, -0.2) is 65.5 Å². The van der Waals surface area contributed by atoms with Crippen molar-refractivity contribution in [1.82, 2.24) is 20.1 Å². The van der Waals surface area contributed by atoms with Gasteiger partial charge in [-0.15, -0.1) is 24.0 Å². The van der Waals surface area contributed by atoms with Gasteiger partial charge in [-0.2, -0.15) is 0 Å². The maximum absolute atomic E-state index is 11.5. The van der Waals surface area contributed by atoms with Crippen LogP contribution in [0.2, 0.25) is 0 Å².